The lowest BCUT2D eigenvalue weighted by molar-refractivity contribution is 0.315. The number of hydrogen-bond donors (Lipinski definition) is 1. The Morgan fingerprint density at radius 2 is 1.76 bits per heavy atom. The molecule has 0 aliphatic heterocycles. The van der Waals surface area contributed by atoms with E-state index in [1.54, 1.807) is 11.8 Å². The number of benzene rings is 2. The second-order valence-electron chi connectivity index (χ2n) is 9.22. The minimum atomic E-state index is 0.465. The SMILES string of the molecule is C=C(C)Cc1cc(C)c(N)cc1C.C=C(SC)c1ccc2c(c1)CC(C)(C)CC2. The maximum atomic E-state index is 5.80. The molecule has 1 aliphatic carbocycles. The van der Waals surface area contributed by atoms with E-state index in [-0.39, 0.29) is 0 Å². The minimum Gasteiger partial charge on any atom is -0.399 e. The number of anilines is 1. The van der Waals surface area contributed by atoms with E-state index in [2.05, 4.69) is 64.5 Å². The molecule has 0 unspecified atom stereocenters. The minimum absolute atomic E-state index is 0.465. The van der Waals surface area contributed by atoms with Crippen LogP contribution < -0.4 is 5.73 Å². The fraction of sp³-hybridized carbons (Fsp3) is 0.407. The summed E-state index contributed by atoms with van der Waals surface area (Å²) in [6, 6.07) is 11.0. The number of nitrogens with two attached hydrogens (primary N) is 1. The fourth-order valence-electron chi connectivity index (χ4n) is 3.82. The van der Waals surface area contributed by atoms with Crippen LogP contribution in [0.2, 0.25) is 0 Å². The highest BCUT2D eigenvalue weighted by Gasteiger charge is 2.25. The van der Waals surface area contributed by atoms with Crippen molar-refractivity contribution in [2.24, 2.45) is 5.41 Å². The highest BCUT2D eigenvalue weighted by molar-refractivity contribution is 8.07. The van der Waals surface area contributed by atoms with Crippen LogP contribution in [0.3, 0.4) is 0 Å². The van der Waals surface area contributed by atoms with E-state index in [4.69, 9.17) is 5.73 Å². The Morgan fingerprint density at radius 1 is 1.07 bits per heavy atom. The summed E-state index contributed by atoms with van der Waals surface area (Å²) < 4.78 is 0. The van der Waals surface area contributed by atoms with Gasteiger partial charge in [-0.3, -0.25) is 0 Å². The summed E-state index contributed by atoms with van der Waals surface area (Å²) in [4.78, 5) is 1.17. The van der Waals surface area contributed by atoms with Gasteiger partial charge in [0, 0.05) is 10.6 Å². The third-order valence-electron chi connectivity index (χ3n) is 5.73. The number of allylic oxidation sites excluding steroid dienone is 1. The largest absolute Gasteiger partial charge is 0.399 e. The van der Waals surface area contributed by atoms with E-state index >= 15 is 0 Å². The molecular formula is C27H37NS. The Balaban J connectivity index is 0.000000212. The molecule has 1 nitrogen and oxygen atoms in total. The van der Waals surface area contributed by atoms with Crippen molar-refractivity contribution in [1.29, 1.82) is 0 Å². The van der Waals surface area contributed by atoms with Crippen molar-refractivity contribution in [1.82, 2.24) is 0 Å². The molecule has 2 heteroatoms. The third kappa shape index (κ3) is 6.54. The Kier molecular flexibility index (Phi) is 7.82. The number of nitrogen functional groups attached to an aromatic ring is 1. The molecule has 0 saturated carbocycles. The van der Waals surface area contributed by atoms with Crippen LogP contribution in [-0.4, -0.2) is 6.26 Å². The van der Waals surface area contributed by atoms with Crippen molar-refractivity contribution < 1.29 is 0 Å². The molecule has 0 bridgehead atoms. The van der Waals surface area contributed by atoms with Gasteiger partial charge in [0.25, 0.3) is 0 Å². The Bertz CT molecular complexity index is 905. The monoisotopic (exact) mass is 407 g/mol. The van der Waals surface area contributed by atoms with Gasteiger partial charge < -0.3 is 5.73 Å². The van der Waals surface area contributed by atoms with Crippen LogP contribution in [0.1, 0.15) is 60.6 Å². The maximum absolute atomic E-state index is 5.80. The molecule has 3 rings (SSSR count). The van der Waals surface area contributed by atoms with Gasteiger partial charge in [0.1, 0.15) is 0 Å². The smallest absolute Gasteiger partial charge is 0.0346 e. The second kappa shape index (κ2) is 9.71. The molecule has 0 atom stereocenters. The molecule has 29 heavy (non-hydrogen) atoms. The predicted octanol–water partition coefficient (Wildman–Crippen LogP) is 7.54. The first-order chi connectivity index (χ1) is 13.5. The first-order valence-electron chi connectivity index (χ1n) is 10.4. The van der Waals surface area contributed by atoms with Gasteiger partial charge in [-0.25, -0.2) is 0 Å². The van der Waals surface area contributed by atoms with Gasteiger partial charge in [0.15, 0.2) is 0 Å². The van der Waals surface area contributed by atoms with Gasteiger partial charge in [-0.05, 0) is 97.6 Å². The number of thioether (sulfide) groups is 1. The summed E-state index contributed by atoms with van der Waals surface area (Å²) >= 11 is 1.73. The highest BCUT2D eigenvalue weighted by atomic mass is 32.2. The van der Waals surface area contributed by atoms with Crippen LogP contribution >= 0.6 is 11.8 Å². The van der Waals surface area contributed by atoms with Crippen molar-refractivity contribution in [2.75, 3.05) is 12.0 Å². The zero-order valence-corrected chi connectivity index (χ0v) is 19.9. The van der Waals surface area contributed by atoms with Crippen LogP contribution in [0.25, 0.3) is 4.91 Å². The van der Waals surface area contributed by atoms with E-state index in [9.17, 15) is 0 Å². The third-order valence-corrected chi connectivity index (χ3v) is 6.46. The number of hydrogen-bond acceptors (Lipinski definition) is 2. The molecule has 2 N–H and O–H groups in total. The number of fused-ring (bicyclic) bond motifs is 1. The topological polar surface area (TPSA) is 26.0 Å². The highest BCUT2D eigenvalue weighted by Crippen LogP contribution is 2.36. The van der Waals surface area contributed by atoms with Gasteiger partial charge in [0.2, 0.25) is 0 Å². The lowest BCUT2D eigenvalue weighted by Gasteiger charge is -2.31. The lowest BCUT2D eigenvalue weighted by atomic mass is 9.74. The summed E-state index contributed by atoms with van der Waals surface area (Å²) in [6.45, 7) is 18.9. The van der Waals surface area contributed by atoms with E-state index in [0.29, 0.717) is 5.41 Å². The summed E-state index contributed by atoms with van der Waals surface area (Å²) in [6.07, 6.45) is 6.79. The maximum Gasteiger partial charge on any atom is 0.0346 e. The predicted molar refractivity (Wildman–Crippen MR) is 134 cm³/mol. The first kappa shape index (κ1) is 23.3. The van der Waals surface area contributed by atoms with Gasteiger partial charge >= 0.3 is 0 Å². The Hall–Kier alpha value is -1.93. The zero-order valence-electron chi connectivity index (χ0n) is 19.1. The molecule has 0 radical (unpaired) electrons. The average Bonchev–Trinajstić information content (AvgIpc) is 2.64. The van der Waals surface area contributed by atoms with E-state index in [0.717, 1.165) is 17.7 Å². The quantitative estimate of drug-likeness (QED) is 0.418. The van der Waals surface area contributed by atoms with Crippen molar-refractivity contribution in [2.45, 2.75) is 60.3 Å². The Morgan fingerprint density at radius 3 is 2.38 bits per heavy atom. The molecule has 0 fully saturated rings. The van der Waals surface area contributed by atoms with Crippen LogP contribution in [0.15, 0.2) is 49.1 Å². The molecular weight excluding hydrogens is 370 g/mol. The number of rotatable bonds is 4. The van der Waals surface area contributed by atoms with Crippen LogP contribution in [0.4, 0.5) is 5.69 Å². The van der Waals surface area contributed by atoms with Crippen LogP contribution in [0, 0.1) is 19.3 Å². The molecule has 1 aliphatic rings. The van der Waals surface area contributed by atoms with E-state index in [1.807, 2.05) is 19.9 Å². The summed E-state index contributed by atoms with van der Waals surface area (Å²) in [7, 11) is 0. The second-order valence-corrected chi connectivity index (χ2v) is 10.1. The van der Waals surface area contributed by atoms with Crippen molar-refractivity contribution >= 4 is 22.4 Å². The standard InChI is InChI=1S/C15H20S.C12H17N/c1-11(16-4)13-6-5-12-7-8-15(2,3)10-14(12)9-13;1-8(2)5-11-6-10(4)12(13)7-9(11)3/h5-6,9H,1,7-8,10H2,2-4H3;6-7H,1,5,13H2,2-4H3. The molecule has 2 aromatic rings. The van der Waals surface area contributed by atoms with Gasteiger partial charge in [-0.2, -0.15) is 0 Å². The zero-order chi connectivity index (χ0) is 21.8. The van der Waals surface area contributed by atoms with E-state index in [1.165, 1.54) is 57.6 Å². The van der Waals surface area contributed by atoms with Crippen molar-refractivity contribution in [3.8, 4) is 0 Å². The number of aryl methyl sites for hydroxylation is 3. The summed E-state index contributed by atoms with van der Waals surface area (Å²) in [5, 5.41) is 0. The molecule has 0 heterocycles. The molecule has 2 aromatic carbocycles. The molecule has 0 saturated heterocycles. The molecule has 0 spiro atoms. The summed E-state index contributed by atoms with van der Waals surface area (Å²) in [5.74, 6) is 0. The average molecular weight is 408 g/mol. The molecule has 156 valence electrons. The van der Waals surface area contributed by atoms with Gasteiger partial charge in [0.05, 0.1) is 0 Å². The Labute approximate surface area is 182 Å². The van der Waals surface area contributed by atoms with Crippen LogP contribution in [0.5, 0.6) is 0 Å². The first-order valence-corrected chi connectivity index (χ1v) is 11.6. The van der Waals surface area contributed by atoms with Crippen molar-refractivity contribution in [3.05, 3.63) is 82.4 Å². The summed E-state index contributed by atoms with van der Waals surface area (Å²) in [5.41, 5.74) is 16.4. The van der Waals surface area contributed by atoms with E-state index < -0.39 is 0 Å². The lowest BCUT2D eigenvalue weighted by Crippen LogP contribution is -2.22. The molecule has 0 aromatic heterocycles. The van der Waals surface area contributed by atoms with Crippen LogP contribution in [-0.2, 0) is 19.3 Å². The van der Waals surface area contributed by atoms with Gasteiger partial charge in [-0.1, -0.05) is 56.8 Å². The van der Waals surface area contributed by atoms with Crippen molar-refractivity contribution in [3.63, 3.8) is 0 Å². The molecule has 0 amide bonds. The van der Waals surface area contributed by atoms with Gasteiger partial charge in [-0.15, -0.1) is 11.8 Å². The fourth-order valence-corrected chi connectivity index (χ4v) is 4.18. The normalized spacial score (nSPS) is 14.4.